The van der Waals surface area contributed by atoms with Crippen LogP contribution in [-0.2, 0) is 6.54 Å². The van der Waals surface area contributed by atoms with E-state index in [0.29, 0.717) is 29.6 Å². The number of carbonyl (C=O) groups excluding carboxylic acids is 1. The molecule has 3 aromatic rings. The van der Waals surface area contributed by atoms with Crippen LogP contribution in [0.1, 0.15) is 40.8 Å². The van der Waals surface area contributed by atoms with Gasteiger partial charge in [-0.3, -0.25) is 4.79 Å². The molecule has 1 fully saturated rings. The molecule has 0 bridgehead atoms. The molecule has 1 saturated carbocycles. The topological polar surface area (TPSA) is 73.0 Å². The maximum Gasteiger partial charge on any atom is 0.251 e. The van der Waals surface area contributed by atoms with Crippen LogP contribution in [0, 0.1) is 6.92 Å². The lowest BCUT2D eigenvalue weighted by Crippen LogP contribution is -2.24. The van der Waals surface area contributed by atoms with E-state index >= 15 is 0 Å². The van der Waals surface area contributed by atoms with Crippen molar-refractivity contribution >= 4 is 17.0 Å². The lowest BCUT2D eigenvalue weighted by molar-refractivity contribution is 0.0950. The van der Waals surface area contributed by atoms with Gasteiger partial charge >= 0.3 is 0 Å². The highest BCUT2D eigenvalue weighted by Gasteiger charge is 2.25. The van der Waals surface area contributed by atoms with Gasteiger partial charge in [0.2, 0.25) is 0 Å². The van der Waals surface area contributed by atoms with E-state index in [0.717, 1.165) is 11.2 Å². The van der Waals surface area contributed by atoms with Crippen LogP contribution in [0.3, 0.4) is 0 Å². The largest absolute Gasteiger partial charge is 0.441 e. The molecule has 1 aliphatic carbocycles. The first-order valence-electron chi connectivity index (χ1n) is 7.37. The zero-order chi connectivity index (χ0) is 15.1. The Hall–Kier alpha value is -2.63. The van der Waals surface area contributed by atoms with Crippen LogP contribution in [0.15, 0.2) is 35.1 Å². The molecule has 0 aliphatic heterocycles. The van der Waals surface area contributed by atoms with Crippen LogP contribution in [0.2, 0.25) is 0 Å². The molecule has 0 radical (unpaired) electrons. The van der Waals surface area contributed by atoms with Crippen LogP contribution in [-0.4, -0.2) is 20.4 Å². The Balaban J connectivity index is 1.49. The second-order valence-corrected chi connectivity index (χ2v) is 5.62. The highest BCUT2D eigenvalue weighted by atomic mass is 16.3. The van der Waals surface area contributed by atoms with Crippen LogP contribution in [0.5, 0.6) is 0 Å². The monoisotopic (exact) mass is 296 g/mol. The van der Waals surface area contributed by atoms with Gasteiger partial charge in [0.25, 0.3) is 5.91 Å². The minimum atomic E-state index is -0.125. The van der Waals surface area contributed by atoms with E-state index in [4.69, 9.17) is 4.42 Å². The number of carbonyl (C=O) groups is 1. The van der Waals surface area contributed by atoms with E-state index < -0.39 is 0 Å². The number of oxazole rings is 1. The molecule has 1 aliphatic rings. The van der Waals surface area contributed by atoms with Crippen molar-refractivity contribution in [3.63, 3.8) is 0 Å². The average molecular weight is 296 g/mol. The predicted molar refractivity (Wildman–Crippen MR) is 80.4 cm³/mol. The van der Waals surface area contributed by atoms with Crippen molar-refractivity contribution in [3.05, 3.63) is 47.9 Å². The number of amides is 1. The molecule has 2 aromatic heterocycles. The summed E-state index contributed by atoms with van der Waals surface area (Å²) in [5, 5.41) is 2.93. The summed E-state index contributed by atoms with van der Waals surface area (Å²) in [6, 6.07) is 5.85. The number of imidazole rings is 1. The molecule has 0 atom stereocenters. The molecule has 1 aromatic carbocycles. The van der Waals surface area contributed by atoms with Gasteiger partial charge in [-0.1, -0.05) is 0 Å². The van der Waals surface area contributed by atoms with Gasteiger partial charge in [-0.2, -0.15) is 0 Å². The summed E-state index contributed by atoms with van der Waals surface area (Å²) < 4.78 is 7.60. The van der Waals surface area contributed by atoms with Gasteiger partial charge in [0.05, 0.1) is 18.6 Å². The molecule has 1 N–H and O–H groups in total. The van der Waals surface area contributed by atoms with E-state index in [1.54, 1.807) is 25.1 Å². The third-order valence-corrected chi connectivity index (χ3v) is 3.87. The Labute approximate surface area is 127 Å². The minimum absolute atomic E-state index is 0.125. The van der Waals surface area contributed by atoms with Crippen molar-refractivity contribution in [2.24, 2.45) is 0 Å². The van der Waals surface area contributed by atoms with Gasteiger partial charge in [0.15, 0.2) is 11.5 Å². The third-order valence-electron chi connectivity index (χ3n) is 3.87. The minimum Gasteiger partial charge on any atom is -0.441 e. The van der Waals surface area contributed by atoms with Crippen LogP contribution < -0.4 is 5.32 Å². The first kappa shape index (κ1) is 13.1. The van der Waals surface area contributed by atoms with E-state index in [1.165, 1.54) is 12.8 Å². The van der Waals surface area contributed by atoms with Crippen molar-refractivity contribution in [3.8, 4) is 0 Å². The summed E-state index contributed by atoms with van der Waals surface area (Å²) in [5.74, 6) is 0.473. The van der Waals surface area contributed by atoms with Gasteiger partial charge in [-0.15, -0.1) is 0 Å². The number of nitrogens with zero attached hydrogens (tertiary/aromatic N) is 3. The fraction of sp³-hybridized carbons (Fsp3) is 0.312. The van der Waals surface area contributed by atoms with Crippen LogP contribution in [0.25, 0.3) is 11.1 Å². The molecular weight excluding hydrogens is 280 g/mol. The maximum absolute atomic E-state index is 12.3. The zero-order valence-electron chi connectivity index (χ0n) is 12.2. The predicted octanol–water partition coefficient (Wildman–Crippen LogP) is 2.60. The summed E-state index contributed by atoms with van der Waals surface area (Å²) >= 11 is 0. The van der Waals surface area contributed by atoms with Gasteiger partial charge < -0.3 is 14.3 Å². The van der Waals surface area contributed by atoms with Crippen molar-refractivity contribution in [1.82, 2.24) is 19.9 Å². The van der Waals surface area contributed by atoms with Gasteiger partial charge in [-0.25, -0.2) is 9.97 Å². The zero-order valence-corrected chi connectivity index (χ0v) is 12.2. The number of benzene rings is 1. The number of hydrogen-bond donors (Lipinski definition) is 1. The van der Waals surface area contributed by atoms with E-state index in [1.807, 2.05) is 12.5 Å². The molecule has 6 heteroatoms. The van der Waals surface area contributed by atoms with Gasteiger partial charge in [0.1, 0.15) is 5.52 Å². The summed E-state index contributed by atoms with van der Waals surface area (Å²) in [7, 11) is 0. The summed E-state index contributed by atoms with van der Waals surface area (Å²) in [5.41, 5.74) is 3.00. The van der Waals surface area contributed by atoms with E-state index in [-0.39, 0.29) is 5.91 Å². The lowest BCUT2D eigenvalue weighted by atomic mass is 10.2. The van der Waals surface area contributed by atoms with E-state index in [2.05, 4.69) is 19.9 Å². The summed E-state index contributed by atoms with van der Waals surface area (Å²) in [6.07, 6.45) is 6.03. The van der Waals surface area contributed by atoms with Gasteiger partial charge in [-0.05, 0) is 31.0 Å². The smallest absolute Gasteiger partial charge is 0.251 e. The molecule has 0 saturated heterocycles. The van der Waals surface area contributed by atoms with Crippen molar-refractivity contribution in [2.45, 2.75) is 32.4 Å². The number of aryl methyl sites for hydroxylation is 1. The Bertz CT molecular complexity index is 845. The highest BCUT2D eigenvalue weighted by molar-refractivity contribution is 5.96. The molecule has 2 heterocycles. The average Bonchev–Trinajstić information content (AvgIpc) is 3.12. The number of nitrogens with one attached hydrogen (secondary N) is 1. The summed E-state index contributed by atoms with van der Waals surface area (Å²) in [4.78, 5) is 20.7. The number of fused-ring (bicyclic) bond motifs is 1. The maximum atomic E-state index is 12.3. The Morgan fingerprint density at radius 2 is 2.32 bits per heavy atom. The standard InChI is InChI=1S/C16H16N4O2/c1-10-19-14-5-2-11(6-15(14)22-10)16(21)18-8-13-7-17-9-20(13)12-3-4-12/h2,5-7,9,12H,3-4,8H2,1H3,(H,18,21). The van der Waals surface area contributed by atoms with Crippen molar-refractivity contribution in [2.75, 3.05) is 0 Å². The number of hydrogen-bond acceptors (Lipinski definition) is 4. The second-order valence-electron chi connectivity index (χ2n) is 5.62. The highest BCUT2D eigenvalue weighted by Crippen LogP contribution is 2.35. The Morgan fingerprint density at radius 1 is 1.45 bits per heavy atom. The molecule has 1 amide bonds. The van der Waals surface area contributed by atoms with Gasteiger partial charge in [0, 0.05) is 24.7 Å². The van der Waals surface area contributed by atoms with E-state index in [9.17, 15) is 4.79 Å². The number of aromatic nitrogens is 3. The molecule has 112 valence electrons. The fourth-order valence-corrected chi connectivity index (χ4v) is 2.60. The fourth-order valence-electron chi connectivity index (χ4n) is 2.60. The van der Waals surface area contributed by atoms with Crippen LogP contribution in [0.4, 0.5) is 0 Å². The molecule has 0 unspecified atom stereocenters. The number of rotatable bonds is 4. The quantitative estimate of drug-likeness (QED) is 0.803. The molecule has 4 rings (SSSR count). The lowest BCUT2D eigenvalue weighted by Gasteiger charge is -2.08. The molecular formula is C16H16N4O2. The van der Waals surface area contributed by atoms with Crippen molar-refractivity contribution < 1.29 is 9.21 Å². The molecule has 6 nitrogen and oxygen atoms in total. The SMILES string of the molecule is Cc1nc2ccc(C(=O)NCc3cncn3C3CC3)cc2o1. The summed E-state index contributed by atoms with van der Waals surface area (Å²) in [6.45, 7) is 2.27. The molecule has 0 spiro atoms. The first-order valence-corrected chi connectivity index (χ1v) is 7.37. The third kappa shape index (κ3) is 2.36. The van der Waals surface area contributed by atoms with Crippen molar-refractivity contribution in [1.29, 1.82) is 0 Å². The Kier molecular flexibility index (Phi) is 2.96. The Morgan fingerprint density at radius 3 is 3.14 bits per heavy atom. The first-order chi connectivity index (χ1) is 10.7. The molecule has 22 heavy (non-hydrogen) atoms. The van der Waals surface area contributed by atoms with Crippen LogP contribution >= 0.6 is 0 Å². The second kappa shape index (κ2) is 4.98. The normalized spacial score (nSPS) is 14.4.